The van der Waals surface area contributed by atoms with E-state index in [-0.39, 0.29) is 17.8 Å². The van der Waals surface area contributed by atoms with E-state index in [4.69, 9.17) is 0 Å². The molecule has 0 fully saturated rings. The summed E-state index contributed by atoms with van der Waals surface area (Å²) in [4.78, 5) is 17.4. The van der Waals surface area contributed by atoms with Crippen molar-refractivity contribution >= 4 is 17.7 Å². The highest BCUT2D eigenvalue weighted by Gasteiger charge is 2.17. The highest BCUT2D eigenvalue weighted by Crippen LogP contribution is 2.23. The van der Waals surface area contributed by atoms with Gasteiger partial charge in [-0.2, -0.15) is 0 Å². The van der Waals surface area contributed by atoms with E-state index in [0.717, 1.165) is 11.3 Å². The van der Waals surface area contributed by atoms with Crippen molar-refractivity contribution in [3.05, 3.63) is 96.1 Å². The van der Waals surface area contributed by atoms with Crippen molar-refractivity contribution in [3.63, 3.8) is 0 Å². The van der Waals surface area contributed by atoms with Crippen molar-refractivity contribution in [2.24, 2.45) is 0 Å². The molecular formula is C21H19FN2OS. The predicted molar refractivity (Wildman–Crippen MR) is 102 cm³/mol. The second-order valence-corrected chi connectivity index (χ2v) is 6.83. The van der Waals surface area contributed by atoms with Gasteiger partial charge in [-0.15, -0.1) is 11.8 Å². The summed E-state index contributed by atoms with van der Waals surface area (Å²) in [6.07, 6.45) is 2.01. The average Bonchev–Trinajstić information content (AvgIpc) is 2.69. The Bertz CT molecular complexity index is 803. The Labute approximate surface area is 156 Å². The molecule has 0 radical (unpaired) electrons. The summed E-state index contributed by atoms with van der Waals surface area (Å²) in [5, 5.41) is 3.04. The molecule has 0 aliphatic heterocycles. The summed E-state index contributed by atoms with van der Waals surface area (Å²) in [7, 11) is 0. The molecule has 26 heavy (non-hydrogen) atoms. The number of halogens is 1. The summed E-state index contributed by atoms with van der Waals surface area (Å²) >= 11 is 1.34. The van der Waals surface area contributed by atoms with Crippen LogP contribution >= 0.6 is 11.8 Å². The van der Waals surface area contributed by atoms with E-state index in [1.165, 1.54) is 17.8 Å². The van der Waals surface area contributed by atoms with Gasteiger partial charge in [0, 0.05) is 23.3 Å². The molecule has 0 aliphatic rings. The van der Waals surface area contributed by atoms with E-state index in [1.54, 1.807) is 24.4 Å². The lowest BCUT2D eigenvalue weighted by molar-refractivity contribution is -0.121. The number of benzene rings is 2. The van der Waals surface area contributed by atoms with Gasteiger partial charge < -0.3 is 5.32 Å². The minimum atomic E-state index is -0.302. The van der Waals surface area contributed by atoms with Gasteiger partial charge in [-0.25, -0.2) is 4.39 Å². The Balaban J connectivity index is 1.63. The maximum atomic E-state index is 13.6. The van der Waals surface area contributed by atoms with Gasteiger partial charge in [0.2, 0.25) is 5.91 Å². The Hall–Kier alpha value is -2.66. The van der Waals surface area contributed by atoms with E-state index in [2.05, 4.69) is 10.3 Å². The van der Waals surface area contributed by atoms with E-state index < -0.39 is 0 Å². The van der Waals surface area contributed by atoms with Gasteiger partial charge in [0.05, 0.1) is 11.7 Å². The lowest BCUT2D eigenvalue weighted by atomic mass is 10.0. The molecule has 1 heterocycles. The summed E-state index contributed by atoms with van der Waals surface area (Å²) in [6.45, 7) is 0. The monoisotopic (exact) mass is 366 g/mol. The number of rotatable bonds is 7. The molecule has 0 aliphatic carbocycles. The molecule has 3 aromatic rings. The van der Waals surface area contributed by atoms with Crippen LogP contribution in [0.2, 0.25) is 0 Å². The first kappa shape index (κ1) is 18.1. The minimum Gasteiger partial charge on any atom is -0.344 e. The number of thioether (sulfide) groups is 1. The maximum absolute atomic E-state index is 13.6. The molecular weight excluding hydrogens is 347 g/mol. The van der Waals surface area contributed by atoms with Gasteiger partial charge in [0.25, 0.3) is 0 Å². The second-order valence-electron chi connectivity index (χ2n) is 5.69. The molecule has 1 unspecified atom stereocenters. The Kier molecular flexibility index (Phi) is 6.39. The fourth-order valence-electron chi connectivity index (χ4n) is 2.57. The number of hydrogen-bond donors (Lipinski definition) is 1. The van der Waals surface area contributed by atoms with Crippen LogP contribution in [0.1, 0.15) is 23.7 Å². The van der Waals surface area contributed by atoms with Gasteiger partial charge in [0.15, 0.2) is 0 Å². The van der Waals surface area contributed by atoms with Crippen LogP contribution in [0.15, 0.2) is 83.9 Å². The molecule has 0 bridgehead atoms. The van der Waals surface area contributed by atoms with Crippen LogP contribution < -0.4 is 5.32 Å². The number of aromatic nitrogens is 1. The first-order valence-electron chi connectivity index (χ1n) is 8.36. The predicted octanol–water partition coefficient (Wildman–Crippen LogP) is 4.61. The maximum Gasteiger partial charge on any atom is 0.221 e. The molecule has 1 atom stereocenters. The lowest BCUT2D eigenvalue weighted by Crippen LogP contribution is -2.30. The minimum absolute atomic E-state index is 0.0895. The van der Waals surface area contributed by atoms with E-state index in [1.807, 2.05) is 48.5 Å². The molecule has 0 spiro atoms. The fourth-order valence-corrected chi connectivity index (χ4v) is 3.46. The third kappa shape index (κ3) is 4.92. The number of hydrogen-bond acceptors (Lipinski definition) is 3. The molecule has 1 amide bonds. The standard InChI is InChI=1S/C21H19FN2OS/c22-17-10-4-5-12-19(17)26-15-13-20(25)24-21(16-8-2-1-3-9-16)18-11-6-7-14-23-18/h1-12,14,21H,13,15H2,(H,24,25). The van der Waals surface area contributed by atoms with Crippen molar-refractivity contribution < 1.29 is 9.18 Å². The highest BCUT2D eigenvalue weighted by molar-refractivity contribution is 7.99. The molecule has 0 saturated carbocycles. The third-order valence-electron chi connectivity index (χ3n) is 3.85. The Morgan fingerprint density at radius 2 is 1.73 bits per heavy atom. The van der Waals surface area contributed by atoms with Crippen molar-refractivity contribution in [2.45, 2.75) is 17.4 Å². The number of nitrogens with one attached hydrogen (secondary N) is 1. The zero-order valence-corrected chi connectivity index (χ0v) is 15.0. The average molecular weight is 366 g/mol. The number of carbonyl (C=O) groups excluding carboxylic acids is 1. The third-order valence-corrected chi connectivity index (χ3v) is 4.90. The van der Waals surface area contributed by atoms with Crippen LogP contribution in [0.3, 0.4) is 0 Å². The van der Waals surface area contributed by atoms with Gasteiger partial charge in [-0.1, -0.05) is 48.5 Å². The van der Waals surface area contributed by atoms with Gasteiger partial charge >= 0.3 is 0 Å². The zero-order valence-electron chi connectivity index (χ0n) is 14.1. The molecule has 0 saturated heterocycles. The summed E-state index contributed by atoms with van der Waals surface area (Å²) in [6, 6.07) is 21.7. The fraction of sp³-hybridized carbons (Fsp3) is 0.143. The van der Waals surface area contributed by atoms with E-state index >= 15 is 0 Å². The van der Waals surface area contributed by atoms with Crippen molar-refractivity contribution in [3.8, 4) is 0 Å². The van der Waals surface area contributed by atoms with Crippen LogP contribution in [-0.4, -0.2) is 16.6 Å². The Morgan fingerprint density at radius 3 is 2.46 bits per heavy atom. The van der Waals surface area contributed by atoms with Crippen LogP contribution in [0.4, 0.5) is 4.39 Å². The highest BCUT2D eigenvalue weighted by atomic mass is 32.2. The van der Waals surface area contributed by atoms with Crippen molar-refractivity contribution in [2.75, 3.05) is 5.75 Å². The van der Waals surface area contributed by atoms with Crippen LogP contribution in [0.5, 0.6) is 0 Å². The number of nitrogens with zero attached hydrogens (tertiary/aromatic N) is 1. The summed E-state index contributed by atoms with van der Waals surface area (Å²) in [5.41, 5.74) is 1.76. The molecule has 5 heteroatoms. The van der Waals surface area contributed by atoms with E-state index in [9.17, 15) is 9.18 Å². The molecule has 132 valence electrons. The van der Waals surface area contributed by atoms with Crippen molar-refractivity contribution in [1.29, 1.82) is 0 Å². The largest absolute Gasteiger partial charge is 0.344 e. The zero-order chi connectivity index (χ0) is 18.2. The number of pyridine rings is 1. The van der Waals surface area contributed by atoms with Gasteiger partial charge in [-0.05, 0) is 29.8 Å². The quantitative estimate of drug-likeness (QED) is 0.621. The molecule has 3 rings (SSSR count). The van der Waals surface area contributed by atoms with Gasteiger partial charge in [0.1, 0.15) is 5.82 Å². The first-order chi connectivity index (χ1) is 12.7. The molecule has 2 aromatic carbocycles. The summed E-state index contributed by atoms with van der Waals surface area (Å²) in [5.74, 6) is 0.165. The smallest absolute Gasteiger partial charge is 0.221 e. The second kappa shape index (κ2) is 9.15. The number of carbonyl (C=O) groups is 1. The van der Waals surface area contributed by atoms with Gasteiger partial charge in [-0.3, -0.25) is 9.78 Å². The number of amides is 1. The molecule has 1 N–H and O–H groups in total. The van der Waals surface area contributed by atoms with Crippen molar-refractivity contribution in [1.82, 2.24) is 10.3 Å². The van der Waals surface area contributed by atoms with E-state index in [0.29, 0.717) is 17.1 Å². The SMILES string of the molecule is O=C(CCSc1ccccc1F)NC(c1ccccc1)c1ccccn1. The van der Waals surface area contributed by atoms with Crippen LogP contribution in [0.25, 0.3) is 0 Å². The van der Waals surface area contributed by atoms with Crippen LogP contribution in [0, 0.1) is 5.82 Å². The molecule has 1 aromatic heterocycles. The van der Waals surface area contributed by atoms with Crippen LogP contribution in [-0.2, 0) is 4.79 Å². The normalized spacial score (nSPS) is 11.7. The lowest BCUT2D eigenvalue weighted by Gasteiger charge is -2.19. The first-order valence-corrected chi connectivity index (χ1v) is 9.35. The Morgan fingerprint density at radius 1 is 1.00 bits per heavy atom. The summed E-state index contributed by atoms with van der Waals surface area (Å²) < 4.78 is 13.6. The molecule has 3 nitrogen and oxygen atoms in total. The topological polar surface area (TPSA) is 42.0 Å².